The van der Waals surface area contributed by atoms with Crippen molar-refractivity contribution in [2.75, 3.05) is 0 Å². The maximum Gasteiger partial charge on any atom is 0.0323 e. The average molecular weight is 279 g/mol. The van der Waals surface area contributed by atoms with E-state index in [1.54, 1.807) is 0 Å². The van der Waals surface area contributed by atoms with Crippen LogP contribution in [0, 0.1) is 0 Å². The molecule has 1 atom stereocenters. The van der Waals surface area contributed by atoms with Gasteiger partial charge in [-0.15, -0.1) is 0 Å². The van der Waals surface area contributed by atoms with Crippen LogP contribution in [0.25, 0.3) is 0 Å². The second-order valence-electron chi connectivity index (χ2n) is 6.15. The number of hydrogen-bond donors (Lipinski definition) is 1. The second kappa shape index (κ2) is 6.91. The first kappa shape index (κ1) is 14.3. The molecular formula is C20H25N. The summed E-state index contributed by atoms with van der Waals surface area (Å²) in [5, 5.41) is 3.74. The van der Waals surface area contributed by atoms with E-state index < -0.39 is 0 Å². The van der Waals surface area contributed by atoms with Crippen molar-refractivity contribution in [1.82, 2.24) is 5.32 Å². The van der Waals surface area contributed by atoms with E-state index in [-0.39, 0.29) is 0 Å². The van der Waals surface area contributed by atoms with Crippen molar-refractivity contribution in [3.05, 3.63) is 71.3 Å². The van der Waals surface area contributed by atoms with Crippen molar-refractivity contribution >= 4 is 0 Å². The molecule has 0 saturated heterocycles. The van der Waals surface area contributed by atoms with Gasteiger partial charge in [-0.05, 0) is 41.9 Å². The van der Waals surface area contributed by atoms with E-state index in [0.29, 0.717) is 6.04 Å². The Bertz CT molecular complexity index is 557. The van der Waals surface area contributed by atoms with E-state index in [1.807, 2.05) is 0 Å². The van der Waals surface area contributed by atoms with Gasteiger partial charge >= 0.3 is 0 Å². The van der Waals surface area contributed by atoms with Crippen LogP contribution in [0.1, 0.15) is 61.3 Å². The van der Waals surface area contributed by atoms with Gasteiger partial charge in [-0.25, -0.2) is 0 Å². The number of nitrogens with one attached hydrogen (secondary N) is 1. The third-order valence-electron chi connectivity index (χ3n) is 4.33. The van der Waals surface area contributed by atoms with E-state index >= 15 is 0 Å². The molecule has 1 aliphatic carbocycles. The third kappa shape index (κ3) is 3.95. The first-order chi connectivity index (χ1) is 10.4. The summed E-state index contributed by atoms with van der Waals surface area (Å²) in [4.78, 5) is 0. The maximum absolute atomic E-state index is 3.74. The van der Waals surface area contributed by atoms with Crippen LogP contribution in [0.3, 0.4) is 0 Å². The SMILES string of the molecule is CCCC(NCc1cccc(C2CC2)c1)c1ccccc1. The zero-order valence-corrected chi connectivity index (χ0v) is 12.9. The molecule has 1 N–H and O–H groups in total. The molecule has 0 heterocycles. The topological polar surface area (TPSA) is 12.0 Å². The summed E-state index contributed by atoms with van der Waals surface area (Å²) in [6, 6.07) is 20.4. The lowest BCUT2D eigenvalue weighted by Crippen LogP contribution is -2.20. The molecule has 2 aromatic carbocycles. The van der Waals surface area contributed by atoms with Crippen molar-refractivity contribution in [2.45, 2.75) is 51.1 Å². The molecule has 3 rings (SSSR count). The minimum atomic E-state index is 0.459. The lowest BCUT2D eigenvalue weighted by Gasteiger charge is -2.19. The largest absolute Gasteiger partial charge is 0.306 e. The molecule has 1 saturated carbocycles. The predicted molar refractivity (Wildman–Crippen MR) is 89.3 cm³/mol. The normalized spacial score (nSPS) is 15.9. The van der Waals surface area contributed by atoms with Gasteiger partial charge < -0.3 is 5.32 Å². The Hall–Kier alpha value is -1.60. The number of benzene rings is 2. The van der Waals surface area contributed by atoms with Gasteiger partial charge in [-0.1, -0.05) is 67.9 Å². The Morgan fingerprint density at radius 3 is 2.57 bits per heavy atom. The van der Waals surface area contributed by atoms with E-state index in [2.05, 4.69) is 66.8 Å². The lowest BCUT2D eigenvalue weighted by molar-refractivity contribution is 0.493. The average Bonchev–Trinajstić information content (AvgIpc) is 3.37. The van der Waals surface area contributed by atoms with Crippen molar-refractivity contribution in [3.63, 3.8) is 0 Å². The molecule has 0 bridgehead atoms. The van der Waals surface area contributed by atoms with Gasteiger partial charge in [0.15, 0.2) is 0 Å². The summed E-state index contributed by atoms with van der Waals surface area (Å²) in [6.45, 7) is 3.21. The summed E-state index contributed by atoms with van der Waals surface area (Å²) in [5.41, 5.74) is 4.34. The predicted octanol–water partition coefficient (Wildman–Crippen LogP) is 5.20. The highest BCUT2D eigenvalue weighted by Crippen LogP contribution is 2.40. The van der Waals surface area contributed by atoms with Crippen LogP contribution in [0.4, 0.5) is 0 Å². The molecule has 2 aromatic rings. The van der Waals surface area contributed by atoms with Gasteiger partial charge in [-0.3, -0.25) is 0 Å². The third-order valence-corrected chi connectivity index (χ3v) is 4.33. The van der Waals surface area contributed by atoms with Crippen molar-refractivity contribution in [3.8, 4) is 0 Å². The fourth-order valence-electron chi connectivity index (χ4n) is 2.98. The van der Waals surface area contributed by atoms with Gasteiger partial charge in [0.1, 0.15) is 0 Å². The van der Waals surface area contributed by atoms with E-state index in [4.69, 9.17) is 0 Å². The van der Waals surface area contributed by atoms with Gasteiger partial charge in [0.2, 0.25) is 0 Å². The Morgan fingerprint density at radius 1 is 1.05 bits per heavy atom. The Labute approximate surface area is 128 Å². The van der Waals surface area contributed by atoms with Crippen molar-refractivity contribution in [1.29, 1.82) is 0 Å². The van der Waals surface area contributed by atoms with Crippen LogP contribution in [0.2, 0.25) is 0 Å². The molecule has 21 heavy (non-hydrogen) atoms. The van der Waals surface area contributed by atoms with Gasteiger partial charge in [0, 0.05) is 12.6 Å². The Kier molecular flexibility index (Phi) is 4.72. The standard InChI is InChI=1S/C20H25N/c1-2-7-20(18-9-4-3-5-10-18)21-15-16-8-6-11-19(14-16)17-12-13-17/h3-6,8-11,14,17,20-21H,2,7,12-13,15H2,1H3. The van der Waals surface area contributed by atoms with Crippen LogP contribution in [0.5, 0.6) is 0 Å². The number of hydrogen-bond acceptors (Lipinski definition) is 1. The molecular weight excluding hydrogens is 254 g/mol. The smallest absolute Gasteiger partial charge is 0.0323 e. The lowest BCUT2D eigenvalue weighted by atomic mass is 10.0. The molecule has 0 aliphatic heterocycles. The molecule has 0 amide bonds. The fourth-order valence-corrected chi connectivity index (χ4v) is 2.98. The van der Waals surface area contributed by atoms with E-state index in [0.717, 1.165) is 12.5 Å². The molecule has 1 heteroatoms. The number of rotatable bonds is 7. The summed E-state index contributed by atoms with van der Waals surface area (Å²) < 4.78 is 0. The highest BCUT2D eigenvalue weighted by atomic mass is 14.9. The first-order valence-electron chi connectivity index (χ1n) is 8.24. The summed E-state index contributed by atoms with van der Waals surface area (Å²) in [7, 11) is 0. The molecule has 0 radical (unpaired) electrons. The van der Waals surface area contributed by atoms with Crippen LogP contribution in [0.15, 0.2) is 54.6 Å². The summed E-state index contributed by atoms with van der Waals surface area (Å²) in [6.07, 6.45) is 5.14. The van der Waals surface area contributed by atoms with Gasteiger partial charge in [0.05, 0.1) is 0 Å². The highest BCUT2D eigenvalue weighted by molar-refractivity contribution is 5.29. The van der Waals surface area contributed by atoms with Crippen LogP contribution in [-0.4, -0.2) is 0 Å². The van der Waals surface area contributed by atoms with Crippen molar-refractivity contribution < 1.29 is 0 Å². The van der Waals surface area contributed by atoms with Crippen LogP contribution < -0.4 is 5.32 Å². The monoisotopic (exact) mass is 279 g/mol. The van der Waals surface area contributed by atoms with Crippen LogP contribution >= 0.6 is 0 Å². The van der Waals surface area contributed by atoms with E-state index in [9.17, 15) is 0 Å². The molecule has 1 nitrogen and oxygen atoms in total. The zero-order chi connectivity index (χ0) is 14.5. The molecule has 0 aromatic heterocycles. The molecule has 1 aliphatic rings. The molecule has 0 spiro atoms. The fraction of sp³-hybridized carbons (Fsp3) is 0.400. The van der Waals surface area contributed by atoms with E-state index in [1.165, 1.54) is 42.4 Å². The molecule has 1 unspecified atom stereocenters. The van der Waals surface area contributed by atoms with Gasteiger partial charge in [-0.2, -0.15) is 0 Å². The summed E-state index contributed by atoms with van der Waals surface area (Å²) in [5.74, 6) is 0.838. The minimum absolute atomic E-state index is 0.459. The molecule has 110 valence electrons. The zero-order valence-electron chi connectivity index (χ0n) is 12.9. The highest BCUT2D eigenvalue weighted by Gasteiger charge is 2.23. The van der Waals surface area contributed by atoms with Crippen molar-refractivity contribution in [2.24, 2.45) is 0 Å². The molecule has 1 fully saturated rings. The quantitative estimate of drug-likeness (QED) is 0.735. The van der Waals surface area contributed by atoms with Gasteiger partial charge in [0.25, 0.3) is 0 Å². The summed E-state index contributed by atoms with van der Waals surface area (Å²) >= 11 is 0. The Balaban J connectivity index is 1.65. The minimum Gasteiger partial charge on any atom is -0.306 e. The second-order valence-corrected chi connectivity index (χ2v) is 6.15. The van der Waals surface area contributed by atoms with Crippen LogP contribution in [-0.2, 0) is 6.54 Å². The first-order valence-corrected chi connectivity index (χ1v) is 8.24. The maximum atomic E-state index is 3.74. The Morgan fingerprint density at radius 2 is 1.86 bits per heavy atom.